The zero-order chi connectivity index (χ0) is 13.3. The Morgan fingerprint density at radius 3 is 2.83 bits per heavy atom. The second kappa shape index (κ2) is 4.36. The van der Waals surface area contributed by atoms with Gasteiger partial charge in [-0.2, -0.15) is 4.73 Å². The Kier molecular flexibility index (Phi) is 2.88. The molecule has 2 rings (SSSR count). The van der Waals surface area contributed by atoms with E-state index < -0.39 is 17.2 Å². The summed E-state index contributed by atoms with van der Waals surface area (Å²) in [5.74, 6) is -1.06. The van der Waals surface area contributed by atoms with Crippen LogP contribution in [-0.4, -0.2) is 22.5 Å². The predicted molar refractivity (Wildman–Crippen MR) is 60.3 cm³/mol. The van der Waals surface area contributed by atoms with Crippen molar-refractivity contribution in [1.82, 2.24) is 4.73 Å². The van der Waals surface area contributed by atoms with Crippen LogP contribution in [0.2, 0.25) is 0 Å². The molecule has 0 amide bonds. The second-order valence-corrected chi connectivity index (χ2v) is 3.47. The number of ether oxygens (including phenoxy) is 1. The molecular formula is C11H10N2O5. The lowest BCUT2D eigenvalue weighted by atomic mass is 10.3. The van der Waals surface area contributed by atoms with Crippen LogP contribution in [0.15, 0.2) is 29.1 Å². The first-order valence-corrected chi connectivity index (χ1v) is 5.21. The Morgan fingerprint density at radius 2 is 2.17 bits per heavy atom. The number of aromatic nitrogens is 2. The highest BCUT2D eigenvalue weighted by atomic mass is 16.5. The predicted octanol–water partition coefficient (Wildman–Crippen LogP) is 0.0489. The van der Waals surface area contributed by atoms with E-state index in [9.17, 15) is 20.0 Å². The van der Waals surface area contributed by atoms with Crippen LogP contribution in [0, 0.1) is 5.21 Å². The Hall–Kier alpha value is -2.57. The minimum absolute atomic E-state index is 0.00246. The minimum Gasteiger partial charge on any atom is -0.617 e. The number of fused-ring (bicyclic) bond motifs is 1. The zero-order valence-corrected chi connectivity index (χ0v) is 9.49. The van der Waals surface area contributed by atoms with Crippen molar-refractivity contribution in [3.63, 3.8) is 0 Å². The molecule has 0 radical (unpaired) electrons. The quantitative estimate of drug-likeness (QED) is 0.351. The first kappa shape index (κ1) is 11.9. The molecule has 0 spiro atoms. The molecule has 18 heavy (non-hydrogen) atoms. The first-order chi connectivity index (χ1) is 8.57. The third-order valence-electron chi connectivity index (χ3n) is 2.40. The summed E-state index contributed by atoms with van der Waals surface area (Å²) in [5.41, 5.74) is -1.85. The van der Waals surface area contributed by atoms with Crippen LogP contribution in [0.1, 0.15) is 17.4 Å². The van der Waals surface area contributed by atoms with Crippen molar-refractivity contribution in [3.05, 3.63) is 45.5 Å². The molecule has 0 unspecified atom stereocenters. The molecular weight excluding hydrogens is 240 g/mol. The summed E-state index contributed by atoms with van der Waals surface area (Å²) < 4.78 is 5.04. The van der Waals surface area contributed by atoms with Gasteiger partial charge in [0.2, 0.25) is 5.52 Å². The molecule has 0 atom stereocenters. The molecule has 7 nitrogen and oxygen atoms in total. The third-order valence-corrected chi connectivity index (χ3v) is 2.40. The third kappa shape index (κ3) is 1.65. The zero-order valence-electron chi connectivity index (χ0n) is 9.49. The van der Waals surface area contributed by atoms with E-state index in [-0.39, 0.29) is 27.1 Å². The van der Waals surface area contributed by atoms with Gasteiger partial charge in [-0.15, -0.1) is 4.73 Å². The fourth-order valence-corrected chi connectivity index (χ4v) is 1.60. The van der Waals surface area contributed by atoms with Gasteiger partial charge in [0.15, 0.2) is 5.52 Å². The maximum atomic E-state index is 11.9. The lowest BCUT2D eigenvalue weighted by molar-refractivity contribution is -0.582. The number of hydrogen-bond acceptors (Lipinski definition) is 5. The highest BCUT2D eigenvalue weighted by molar-refractivity contribution is 5.86. The number of carbonyl (C=O) groups excluding carboxylic acids is 1. The lowest BCUT2D eigenvalue weighted by Crippen LogP contribution is -2.46. The van der Waals surface area contributed by atoms with Crippen LogP contribution in [0.25, 0.3) is 11.0 Å². The van der Waals surface area contributed by atoms with Gasteiger partial charge in [-0.3, -0.25) is 4.79 Å². The van der Waals surface area contributed by atoms with Crippen LogP contribution in [0.4, 0.5) is 0 Å². The number of esters is 1. The monoisotopic (exact) mass is 250 g/mol. The van der Waals surface area contributed by atoms with E-state index in [4.69, 9.17) is 0 Å². The minimum atomic E-state index is -1.11. The molecule has 0 saturated heterocycles. The van der Waals surface area contributed by atoms with Gasteiger partial charge in [0.05, 0.1) is 6.61 Å². The van der Waals surface area contributed by atoms with E-state index >= 15 is 0 Å². The van der Waals surface area contributed by atoms with Crippen molar-refractivity contribution in [2.75, 3.05) is 6.61 Å². The van der Waals surface area contributed by atoms with Crippen molar-refractivity contribution in [3.8, 4) is 0 Å². The largest absolute Gasteiger partial charge is 0.617 e. The molecule has 1 aromatic carbocycles. The molecule has 1 aromatic heterocycles. The Labute approximate surface area is 101 Å². The van der Waals surface area contributed by atoms with Crippen LogP contribution < -0.4 is 10.3 Å². The lowest BCUT2D eigenvalue weighted by Gasteiger charge is -2.08. The molecule has 94 valence electrons. The number of rotatable bonds is 2. The van der Waals surface area contributed by atoms with Crippen molar-refractivity contribution < 1.29 is 19.5 Å². The topological polar surface area (TPSA) is 95.5 Å². The summed E-state index contributed by atoms with van der Waals surface area (Å²) in [4.78, 5) is 23.2. The number of carbonyl (C=O) groups is 1. The molecule has 0 aliphatic heterocycles. The summed E-state index contributed by atoms with van der Waals surface area (Å²) in [5, 5.41) is 21.5. The van der Waals surface area contributed by atoms with Gasteiger partial charge in [-0.05, 0) is 13.0 Å². The van der Waals surface area contributed by atoms with Gasteiger partial charge in [-0.25, -0.2) is 4.79 Å². The molecule has 0 aliphatic carbocycles. The molecule has 1 N–H and O–H groups in total. The first-order valence-electron chi connectivity index (χ1n) is 5.21. The normalized spacial score (nSPS) is 10.5. The fourth-order valence-electron chi connectivity index (χ4n) is 1.60. The van der Waals surface area contributed by atoms with E-state index in [0.29, 0.717) is 0 Å². The SMILES string of the molecule is CCOC(=O)c1c(=O)n(O)c2ccccc2[n+]1[O-]. The van der Waals surface area contributed by atoms with E-state index in [1.165, 1.54) is 12.1 Å². The van der Waals surface area contributed by atoms with Crippen LogP contribution in [-0.2, 0) is 4.74 Å². The standard InChI is InChI=1S/C11H10N2O5/c1-2-18-11(15)9-10(14)13(17)8-6-4-3-5-7(8)12(9)16/h3-6,17H,2H2,1H3. The van der Waals surface area contributed by atoms with E-state index in [1.807, 2.05) is 0 Å². The van der Waals surface area contributed by atoms with Gasteiger partial charge in [0, 0.05) is 6.07 Å². The van der Waals surface area contributed by atoms with E-state index in [0.717, 1.165) is 0 Å². The average molecular weight is 250 g/mol. The second-order valence-electron chi connectivity index (χ2n) is 3.47. The highest BCUT2D eigenvalue weighted by Crippen LogP contribution is 2.07. The summed E-state index contributed by atoms with van der Waals surface area (Å²) in [6, 6.07) is 5.88. The van der Waals surface area contributed by atoms with Gasteiger partial charge in [-0.1, -0.05) is 12.1 Å². The van der Waals surface area contributed by atoms with Crippen LogP contribution in [0.5, 0.6) is 0 Å². The van der Waals surface area contributed by atoms with Gasteiger partial charge >= 0.3 is 17.2 Å². The van der Waals surface area contributed by atoms with Crippen LogP contribution >= 0.6 is 0 Å². The van der Waals surface area contributed by atoms with Gasteiger partial charge < -0.3 is 15.2 Å². The molecule has 2 aromatic rings. The molecule has 0 fully saturated rings. The Morgan fingerprint density at radius 1 is 1.50 bits per heavy atom. The Balaban J connectivity index is 2.83. The van der Waals surface area contributed by atoms with Gasteiger partial charge in [0.25, 0.3) is 0 Å². The van der Waals surface area contributed by atoms with Gasteiger partial charge in [0.1, 0.15) is 0 Å². The molecule has 1 heterocycles. The Bertz CT molecular complexity index is 677. The highest BCUT2D eigenvalue weighted by Gasteiger charge is 2.28. The van der Waals surface area contributed by atoms with Crippen LogP contribution in [0.3, 0.4) is 0 Å². The summed E-state index contributed by atoms with van der Waals surface area (Å²) in [6.07, 6.45) is 0. The fraction of sp³-hybridized carbons (Fsp3) is 0.182. The number of benzene rings is 1. The van der Waals surface area contributed by atoms with Crippen molar-refractivity contribution in [1.29, 1.82) is 0 Å². The van der Waals surface area contributed by atoms with E-state index in [1.54, 1.807) is 19.1 Å². The maximum absolute atomic E-state index is 11.9. The molecule has 0 aliphatic rings. The van der Waals surface area contributed by atoms with Crippen molar-refractivity contribution >= 4 is 17.0 Å². The molecule has 0 bridgehead atoms. The smallest absolute Gasteiger partial charge is 0.411 e. The maximum Gasteiger partial charge on any atom is 0.411 e. The van der Waals surface area contributed by atoms with E-state index in [2.05, 4.69) is 4.74 Å². The molecule has 0 saturated carbocycles. The van der Waals surface area contributed by atoms with Crippen molar-refractivity contribution in [2.45, 2.75) is 6.92 Å². The molecule has 7 heteroatoms. The number of nitrogens with zero attached hydrogens (tertiary/aromatic N) is 2. The summed E-state index contributed by atoms with van der Waals surface area (Å²) in [7, 11) is 0. The number of hydrogen-bond donors (Lipinski definition) is 1. The van der Waals surface area contributed by atoms with Crippen molar-refractivity contribution in [2.24, 2.45) is 0 Å². The summed E-state index contributed by atoms with van der Waals surface area (Å²) >= 11 is 0. The average Bonchev–Trinajstić information content (AvgIpc) is 2.37. The summed E-state index contributed by atoms with van der Waals surface area (Å²) in [6.45, 7) is 1.57. The number of para-hydroxylation sites is 2.